The highest BCUT2D eigenvalue weighted by molar-refractivity contribution is 7.90. The third kappa shape index (κ3) is 5.53. The van der Waals surface area contributed by atoms with Gasteiger partial charge in [0.05, 0.1) is 17.7 Å². The van der Waals surface area contributed by atoms with Crippen molar-refractivity contribution in [1.82, 2.24) is 9.13 Å². The van der Waals surface area contributed by atoms with Crippen molar-refractivity contribution in [3.8, 4) is 0 Å². The lowest BCUT2D eigenvalue weighted by molar-refractivity contribution is -0.0566. The van der Waals surface area contributed by atoms with Gasteiger partial charge in [-0.15, -0.1) is 0 Å². The molecule has 0 aliphatic carbocycles. The summed E-state index contributed by atoms with van der Waals surface area (Å²) in [6.07, 6.45) is -1.89. The van der Waals surface area contributed by atoms with E-state index < -0.39 is 62.0 Å². The second-order valence-corrected chi connectivity index (χ2v) is 24.6. The van der Waals surface area contributed by atoms with Gasteiger partial charge in [0, 0.05) is 18.8 Å². The van der Waals surface area contributed by atoms with Gasteiger partial charge in [0.25, 0.3) is 15.7 Å². The lowest BCUT2D eigenvalue weighted by atomic mass is 9.89. The van der Waals surface area contributed by atoms with Gasteiger partial charge in [0.2, 0.25) is 0 Å². The number of aromatic nitrogens is 2. The van der Waals surface area contributed by atoms with Gasteiger partial charge in [-0.05, 0) is 43.2 Å². The summed E-state index contributed by atoms with van der Waals surface area (Å²) in [5, 5.41) is 0.467. The monoisotopic (exact) mass is 603 g/mol. The Hall–Kier alpha value is -1.56. The molecule has 0 amide bonds. The van der Waals surface area contributed by atoms with Crippen LogP contribution in [0, 0.1) is 6.92 Å². The van der Waals surface area contributed by atoms with E-state index in [1.165, 1.54) is 17.8 Å². The summed E-state index contributed by atoms with van der Waals surface area (Å²) in [5.41, 5.74) is 3.85. The molecule has 0 radical (unpaired) electrons. The van der Waals surface area contributed by atoms with Crippen molar-refractivity contribution in [2.24, 2.45) is 12.8 Å². The number of nitrogens with two attached hydrogens (primary N) is 1. The molecule has 0 aromatic carbocycles. The SMILES string of the molecule is Cc1cn(C2OC(CO[Si](C)(C)C(C)(C)C)C3(OS(=O)(=O)C=C3N)C2O[Si](C)(C)C(C)(C)C)c(=O)n(C)c1=O. The molecule has 3 rings (SSSR count). The molecule has 1 spiro atoms. The topological polar surface area (TPSA) is 141 Å². The Morgan fingerprint density at radius 3 is 2.05 bits per heavy atom. The van der Waals surface area contributed by atoms with Gasteiger partial charge in [0.1, 0.15) is 12.2 Å². The van der Waals surface area contributed by atoms with Crippen molar-refractivity contribution in [2.45, 2.75) is 109 Å². The molecular weight excluding hydrogens is 559 g/mol. The van der Waals surface area contributed by atoms with Gasteiger partial charge in [-0.3, -0.25) is 13.9 Å². The minimum absolute atomic E-state index is 0.0338. The second kappa shape index (κ2) is 9.77. The zero-order valence-electron chi connectivity index (χ0n) is 25.2. The minimum Gasteiger partial charge on any atom is -0.414 e. The predicted octanol–water partition coefficient (Wildman–Crippen LogP) is 3.06. The average molecular weight is 604 g/mol. The minimum atomic E-state index is -4.18. The first-order chi connectivity index (χ1) is 17.4. The maximum atomic E-state index is 13.4. The standard InChI is InChI=1S/C25H45N3O8SSi2/c1-16-13-28(22(30)27(8)20(16)29)21-19(35-39(11,12)24(5,6)7)25(17(26)15-37(31,32)36-25)18(34-21)14-33-38(9,10)23(2,3)4/h13,15,18-19,21H,14,26H2,1-12H3. The van der Waals surface area contributed by atoms with E-state index in [1.807, 2.05) is 33.9 Å². The molecule has 4 atom stereocenters. The molecule has 2 aliphatic heterocycles. The maximum Gasteiger partial charge on any atom is 0.332 e. The van der Waals surface area contributed by atoms with Gasteiger partial charge >= 0.3 is 5.69 Å². The fourth-order valence-corrected chi connectivity index (χ4v) is 7.75. The van der Waals surface area contributed by atoms with Crippen LogP contribution in [0.25, 0.3) is 0 Å². The molecule has 1 saturated heterocycles. The van der Waals surface area contributed by atoms with E-state index in [1.54, 1.807) is 6.92 Å². The van der Waals surface area contributed by atoms with Gasteiger partial charge in [-0.2, -0.15) is 8.42 Å². The lowest BCUT2D eigenvalue weighted by Gasteiger charge is -2.43. The highest BCUT2D eigenvalue weighted by Gasteiger charge is 2.67. The van der Waals surface area contributed by atoms with E-state index in [2.05, 4.69) is 33.9 Å². The largest absolute Gasteiger partial charge is 0.414 e. The quantitative estimate of drug-likeness (QED) is 0.384. The molecule has 0 saturated carbocycles. The van der Waals surface area contributed by atoms with Gasteiger partial charge in [-0.1, -0.05) is 41.5 Å². The fourth-order valence-electron chi connectivity index (χ4n) is 4.24. The molecule has 1 aromatic rings. The molecular formula is C25H45N3O8SSi2. The summed E-state index contributed by atoms with van der Waals surface area (Å²) in [7, 11) is -7.77. The highest BCUT2D eigenvalue weighted by Crippen LogP contribution is 2.52. The summed E-state index contributed by atoms with van der Waals surface area (Å²) in [6.45, 7) is 22.1. The van der Waals surface area contributed by atoms with Gasteiger partial charge in [0.15, 0.2) is 28.5 Å². The third-order valence-electron chi connectivity index (χ3n) is 8.83. The number of rotatable bonds is 6. The van der Waals surface area contributed by atoms with E-state index in [4.69, 9.17) is 23.5 Å². The zero-order chi connectivity index (χ0) is 30.1. The first-order valence-corrected chi connectivity index (χ1v) is 20.4. The molecule has 4 unspecified atom stereocenters. The molecule has 2 aliphatic rings. The van der Waals surface area contributed by atoms with Crippen LogP contribution in [0.1, 0.15) is 53.3 Å². The number of hydrogen-bond donors (Lipinski definition) is 1. The van der Waals surface area contributed by atoms with Crippen molar-refractivity contribution in [3.63, 3.8) is 0 Å². The van der Waals surface area contributed by atoms with Crippen LogP contribution in [0.2, 0.25) is 36.3 Å². The Morgan fingerprint density at radius 1 is 1.05 bits per heavy atom. The first-order valence-electron chi connectivity index (χ1n) is 13.1. The Bertz CT molecular complexity index is 1390. The van der Waals surface area contributed by atoms with Gasteiger partial charge < -0.3 is 19.3 Å². The van der Waals surface area contributed by atoms with Crippen molar-refractivity contribution < 1.29 is 26.2 Å². The predicted molar refractivity (Wildman–Crippen MR) is 155 cm³/mol. The zero-order valence-corrected chi connectivity index (χ0v) is 28.1. The number of hydrogen-bond acceptors (Lipinski definition) is 9. The van der Waals surface area contributed by atoms with Crippen LogP contribution >= 0.6 is 0 Å². The molecule has 1 fully saturated rings. The molecule has 0 bridgehead atoms. The molecule has 222 valence electrons. The third-order valence-corrected chi connectivity index (χ3v) is 18.8. The van der Waals surface area contributed by atoms with Crippen LogP contribution in [0.3, 0.4) is 0 Å². The summed E-state index contributed by atoms with van der Waals surface area (Å²) in [5.74, 6) is 0. The van der Waals surface area contributed by atoms with Crippen molar-refractivity contribution >= 4 is 26.8 Å². The average Bonchev–Trinajstić information content (AvgIpc) is 3.18. The van der Waals surface area contributed by atoms with E-state index in [0.717, 1.165) is 9.98 Å². The first kappa shape index (κ1) is 32.0. The van der Waals surface area contributed by atoms with E-state index in [-0.39, 0.29) is 22.4 Å². The summed E-state index contributed by atoms with van der Waals surface area (Å²) in [4.78, 5) is 25.9. The van der Waals surface area contributed by atoms with Crippen LogP contribution < -0.4 is 17.0 Å². The van der Waals surface area contributed by atoms with E-state index in [0.29, 0.717) is 5.56 Å². The number of nitrogens with zero attached hydrogens (tertiary/aromatic N) is 2. The van der Waals surface area contributed by atoms with Crippen LogP contribution in [0.5, 0.6) is 0 Å². The summed E-state index contributed by atoms with van der Waals surface area (Å²) >= 11 is 0. The highest BCUT2D eigenvalue weighted by atomic mass is 32.2. The van der Waals surface area contributed by atoms with Crippen molar-refractivity contribution in [1.29, 1.82) is 0 Å². The Labute approximate surface area is 233 Å². The van der Waals surface area contributed by atoms with Crippen LogP contribution in [0.15, 0.2) is 26.9 Å². The van der Waals surface area contributed by atoms with Crippen molar-refractivity contribution in [2.75, 3.05) is 6.61 Å². The van der Waals surface area contributed by atoms with E-state index in [9.17, 15) is 18.0 Å². The molecule has 3 heterocycles. The van der Waals surface area contributed by atoms with Crippen LogP contribution in [-0.2, 0) is 34.9 Å². The van der Waals surface area contributed by atoms with E-state index >= 15 is 0 Å². The lowest BCUT2D eigenvalue weighted by Crippen LogP contribution is -2.59. The van der Waals surface area contributed by atoms with Crippen molar-refractivity contribution in [3.05, 3.63) is 43.7 Å². The molecule has 39 heavy (non-hydrogen) atoms. The normalized spacial score (nSPS) is 27.8. The second-order valence-electron chi connectivity index (χ2n) is 13.7. The maximum absolute atomic E-state index is 13.4. The molecule has 2 N–H and O–H groups in total. The fraction of sp³-hybridized carbons (Fsp3) is 0.760. The van der Waals surface area contributed by atoms with Crippen LogP contribution in [0.4, 0.5) is 0 Å². The molecule has 1 aromatic heterocycles. The smallest absolute Gasteiger partial charge is 0.332 e. The Kier molecular flexibility index (Phi) is 8.01. The van der Waals surface area contributed by atoms with Gasteiger partial charge in [-0.25, -0.2) is 8.98 Å². The number of ether oxygens (including phenoxy) is 1. The van der Waals surface area contributed by atoms with Crippen LogP contribution in [-0.4, -0.2) is 58.6 Å². The molecule has 14 heteroatoms. The number of aryl methyl sites for hydroxylation is 1. The Morgan fingerprint density at radius 2 is 1.59 bits per heavy atom. The Balaban J connectivity index is 2.27. The summed E-state index contributed by atoms with van der Waals surface area (Å²) < 4.78 is 53.6. The molecule has 11 nitrogen and oxygen atoms in total. The summed E-state index contributed by atoms with van der Waals surface area (Å²) in [6, 6.07) is 0.